The molecule has 3 aromatic carbocycles. The molecule has 1 heterocycles. The van der Waals surface area contributed by atoms with Crippen molar-refractivity contribution in [1.29, 1.82) is 0 Å². The molecule has 0 unspecified atom stereocenters. The Balaban J connectivity index is 1.46. The molecular weight excluding hydrogens is 515 g/mol. The first-order chi connectivity index (χ1) is 17.9. The number of benzene rings is 3. The van der Waals surface area contributed by atoms with Crippen LogP contribution in [0.25, 0.3) is 6.08 Å². The van der Waals surface area contributed by atoms with Gasteiger partial charge in [-0.05, 0) is 72.2 Å². The Kier molecular flexibility index (Phi) is 8.48. The summed E-state index contributed by atoms with van der Waals surface area (Å²) in [5, 5.41) is 3.14. The maximum Gasteiger partial charge on any atom is 0.335 e. The van der Waals surface area contributed by atoms with Crippen LogP contribution in [0.2, 0.25) is 10.0 Å². The van der Waals surface area contributed by atoms with Crippen molar-refractivity contribution in [2.45, 2.75) is 26.4 Å². The lowest BCUT2D eigenvalue weighted by Crippen LogP contribution is -2.54. The predicted octanol–water partition coefficient (Wildman–Crippen LogP) is 6.42. The number of hydrogen-bond donors (Lipinski definition) is 1. The number of rotatable bonds is 9. The smallest absolute Gasteiger partial charge is 0.335 e. The quantitative estimate of drug-likeness (QED) is 0.193. The maximum atomic E-state index is 13.1. The SMILES string of the molecule is CCCCOc1ccc(N2C(=O)NC(=O)/C(=C/c3ccc(OCc4ccc(Cl)c(Cl)c4)cc3)C2=O)cc1. The fraction of sp³-hybridized carbons (Fsp3) is 0.179. The Morgan fingerprint density at radius 2 is 1.54 bits per heavy atom. The molecule has 1 aliphatic rings. The van der Waals surface area contributed by atoms with E-state index in [-0.39, 0.29) is 12.2 Å². The van der Waals surface area contributed by atoms with Crippen LogP contribution >= 0.6 is 23.2 Å². The fourth-order valence-corrected chi connectivity index (χ4v) is 3.86. The van der Waals surface area contributed by atoms with Crippen molar-refractivity contribution in [1.82, 2.24) is 5.32 Å². The molecule has 3 aromatic rings. The number of nitrogens with one attached hydrogen (secondary N) is 1. The summed E-state index contributed by atoms with van der Waals surface area (Å²) in [4.78, 5) is 39.0. The number of ether oxygens (including phenoxy) is 2. The zero-order chi connectivity index (χ0) is 26.4. The zero-order valence-corrected chi connectivity index (χ0v) is 21.5. The van der Waals surface area contributed by atoms with E-state index in [0.717, 1.165) is 23.3 Å². The Labute approximate surface area is 224 Å². The summed E-state index contributed by atoms with van der Waals surface area (Å²) in [6, 6.07) is 17.9. The first-order valence-corrected chi connectivity index (χ1v) is 12.4. The second kappa shape index (κ2) is 12.0. The molecule has 0 saturated carbocycles. The highest BCUT2D eigenvalue weighted by atomic mass is 35.5. The molecule has 0 aliphatic carbocycles. The number of imide groups is 2. The number of anilines is 1. The van der Waals surface area contributed by atoms with Gasteiger partial charge in [0, 0.05) is 0 Å². The molecule has 0 spiro atoms. The largest absolute Gasteiger partial charge is 0.494 e. The van der Waals surface area contributed by atoms with E-state index in [1.165, 1.54) is 6.08 Å². The van der Waals surface area contributed by atoms with E-state index in [9.17, 15) is 14.4 Å². The lowest BCUT2D eigenvalue weighted by molar-refractivity contribution is -0.122. The van der Waals surface area contributed by atoms with Gasteiger partial charge in [0.1, 0.15) is 23.7 Å². The van der Waals surface area contributed by atoms with E-state index in [2.05, 4.69) is 12.2 Å². The van der Waals surface area contributed by atoms with Crippen LogP contribution in [-0.2, 0) is 16.2 Å². The van der Waals surface area contributed by atoms with E-state index < -0.39 is 17.8 Å². The van der Waals surface area contributed by atoms with Crippen LogP contribution in [0.3, 0.4) is 0 Å². The predicted molar refractivity (Wildman–Crippen MR) is 143 cm³/mol. The molecular formula is C28H24Cl2N2O5. The van der Waals surface area contributed by atoms with Gasteiger partial charge in [0.15, 0.2) is 0 Å². The van der Waals surface area contributed by atoms with Gasteiger partial charge in [0.05, 0.1) is 22.3 Å². The van der Waals surface area contributed by atoms with Gasteiger partial charge in [0.2, 0.25) is 0 Å². The first kappa shape index (κ1) is 26.3. The van der Waals surface area contributed by atoms with Gasteiger partial charge >= 0.3 is 6.03 Å². The summed E-state index contributed by atoms with van der Waals surface area (Å²) in [5.74, 6) is -0.250. The molecule has 0 radical (unpaired) electrons. The molecule has 1 N–H and O–H groups in total. The zero-order valence-electron chi connectivity index (χ0n) is 20.0. The highest BCUT2D eigenvalue weighted by Crippen LogP contribution is 2.26. The molecule has 1 fully saturated rings. The molecule has 37 heavy (non-hydrogen) atoms. The van der Waals surface area contributed by atoms with Gasteiger partial charge < -0.3 is 9.47 Å². The van der Waals surface area contributed by atoms with Crippen molar-refractivity contribution in [3.63, 3.8) is 0 Å². The van der Waals surface area contributed by atoms with Gasteiger partial charge in [-0.1, -0.05) is 54.7 Å². The number of amides is 4. The highest BCUT2D eigenvalue weighted by Gasteiger charge is 2.36. The van der Waals surface area contributed by atoms with Crippen LogP contribution in [-0.4, -0.2) is 24.5 Å². The summed E-state index contributed by atoms with van der Waals surface area (Å²) < 4.78 is 11.4. The molecule has 1 saturated heterocycles. The number of carbonyl (C=O) groups is 3. The Hall–Kier alpha value is -3.81. The second-order valence-electron chi connectivity index (χ2n) is 8.26. The third kappa shape index (κ3) is 6.50. The van der Waals surface area contributed by atoms with Crippen molar-refractivity contribution >= 4 is 52.8 Å². The Morgan fingerprint density at radius 1 is 0.865 bits per heavy atom. The van der Waals surface area contributed by atoms with Crippen molar-refractivity contribution in [3.8, 4) is 11.5 Å². The molecule has 190 valence electrons. The van der Waals surface area contributed by atoms with E-state index in [0.29, 0.717) is 39.4 Å². The van der Waals surface area contributed by atoms with Crippen LogP contribution in [0.15, 0.2) is 72.3 Å². The minimum atomic E-state index is -0.808. The molecule has 0 aromatic heterocycles. The first-order valence-electron chi connectivity index (χ1n) is 11.7. The van der Waals surface area contributed by atoms with E-state index in [1.54, 1.807) is 60.7 Å². The summed E-state index contributed by atoms with van der Waals surface area (Å²) in [6.07, 6.45) is 3.37. The standard InChI is InChI=1S/C28H24Cl2N2O5/c1-2-3-14-36-21-11-7-20(8-12-21)32-27(34)23(26(33)31-28(32)35)15-18-4-9-22(10-5-18)37-17-19-6-13-24(29)25(30)16-19/h4-13,15-16H,2-3,14,17H2,1H3,(H,31,33,35)/b23-15-. The van der Waals surface area contributed by atoms with Crippen LogP contribution < -0.4 is 19.7 Å². The Morgan fingerprint density at radius 3 is 2.22 bits per heavy atom. The normalized spacial score (nSPS) is 14.6. The molecule has 7 nitrogen and oxygen atoms in total. The number of unbranched alkanes of at least 4 members (excludes halogenated alkanes) is 1. The van der Waals surface area contributed by atoms with Crippen molar-refractivity contribution < 1.29 is 23.9 Å². The van der Waals surface area contributed by atoms with Crippen molar-refractivity contribution in [3.05, 3.63) is 93.5 Å². The van der Waals surface area contributed by atoms with E-state index >= 15 is 0 Å². The third-order valence-corrected chi connectivity index (χ3v) is 6.28. The molecule has 9 heteroatoms. The molecule has 1 aliphatic heterocycles. The van der Waals surface area contributed by atoms with Crippen molar-refractivity contribution in [2.75, 3.05) is 11.5 Å². The maximum absolute atomic E-state index is 13.1. The molecule has 0 bridgehead atoms. The van der Waals surface area contributed by atoms with Gasteiger partial charge in [-0.15, -0.1) is 0 Å². The number of nitrogens with zero attached hydrogens (tertiary/aromatic N) is 1. The number of carbonyl (C=O) groups excluding carboxylic acids is 3. The highest BCUT2D eigenvalue weighted by molar-refractivity contribution is 6.42. The minimum absolute atomic E-state index is 0.160. The topological polar surface area (TPSA) is 84.9 Å². The Bertz CT molecular complexity index is 1340. The summed E-state index contributed by atoms with van der Waals surface area (Å²) in [6.45, 7) is 2.94. The monoisotopic (exact) mass is 538 g/mol. The van der Waals surface area contributed by atoms with Gasteiger partial charge in [0.25, 0.3) is 11.8 Å². The number of halogens is 2. The van der Waals surface area contributed by atoms with Gasteiger partial charge in [-0.25, -0.2) is 9.69 Å². The van der Waals surface area contributed by atoms with Gasteiger partial charge in [-0.2, -0.15) is 0 Å². The minimum Gasteiger partial charge on any atom is -0.494 e. The number of urea groups is 1. The average molecular weight is 539 g/mol. The van der Waals surface area contributed by atoms with Crippen LogP contribution in [0.5, 0.6) is 11.5 Å². The number of barbiturate groups is 1. The van der Waals surface area contributed by atoms with Crippen LogP contribution in [0, 0.1) is 0 Å². The van der Waals surface area contributed by atoms with E-state index in [4.69, 9.17) is 32.7 Å². The van der Waals surface area contributed by atoms with Crippen LogP contribution in [0.4, 0.5) is 10.5 Å². The van der Waals surface area contributed by atoms with Gasteiger partial charge in [-0.3, -0.25) is 14.9 Å². The van der Waals surface area contributed by atoms with E-state index in [1.807, 2.05) is 6.07 Å². The average Bonchev–Trinajstić information content (AvgIpc) is 2.89. The summed E-state index contributed by atoms with van der Waals surface area (Å²) in [5.41, 5.74) is 1.62. The second-order valence-corrected chi connectivity index (χ2v) is 9.07. The molecule has 4 amide bonds. The molecule has 0 atom stereocenters. The number of hydrogen-bond acceptors (Lipinski definition) is 5. The lowest BCUT2D eigenvalue weighted by atomic mass is 10.1. The summed E-state index contributed by atoms with van der Waals surface area (Å²) >= 11 is 12.0. The lowest BCUT2D eigenvalue weighted by Gasteiger charge is -2.26. The third-order valence-electron chi connectivity index (χ3n) is 5.54. The summed E-state index contributed by atoms with van der Waals surface area (Å²) in [7, 11) is 0. The fourth-order valence-electron chi connectivity index (χ4n) is 3.54. The van der Waals surface area contributed by atoms with Crippen molar-refractivity contribution in [2.24, 2.45) is 0 Å². The molecule has 4 rings (SSSR count). The van der Waals surface area contributed by atoms with Crippen LogP contribution in [0.1, 0.15) is 30.9 Å².